The number of aryl methyl sites for hydroxylation is 1. The third-order valence-electron chi connectivity index (χ3n) is 4.43. The molecule has 30 heavy (non-hydrogen) atoms. The number of hydrogen-bond acceptors (Lipinski definition) is 6. The third kappa shape index (κ3) is 5.32. The first-order valence-corrected chi connectivity index (χ1v) is 11.0. The Bertz CT molecular complexity index is 1180. The third-order valence-corrected chi connectivity index (χ3v) is 5.22. The molecule has 0 fully saturated rings. The molecule has 2 aromatic carbocycles. The van der Waals surface area contributed by atoms with Crippen LogP contribution in [0.5, 0.6) is 0 Å². The molecule has 0 radical (unpaired) electrons. The van der Waals surface area contributed by atoms with Crippen molar-refractivity contribution in [1.29, 1.82) is 0 Å². The highest BCUT2D eigenvalue weighted by Gasteiger charge is 2.24. The summed E-state index contributed by atoms with van der Waals surface area (Å²) in [5, 5.41) is 12.0. The summed E-state index contributed by atoms with van der Waals surface area (Å²) in [6.45, 7) is 0.839. The van der Waals surface area contributed by atoms with Gasteiger partial charge < -0.3 is 0 Å². The number of tetrazole rings is 1. The number of alkyl halides is 2. The number of Topliss-reactive ketones (excluding diaryl/α,β-unsaturated/α-hetero) is 1. The highest BCUT2D eigenvalue weighted by molar-refractivity contribution is 7.91. The van der Waals surface area contributed by atoms with Crippen molar-refractivity contribution in [2.45, 2.75) is 19.3 Å². The van der Waals surface area contributed by atoms with Crippen molar-refractivity contribution < 1.29 is 22.0 Å². The highest BCUT2D eigenvalue weighted by Crippen LogP contribution is 2.28. The molecular weight excluding hydrogens is 414 g/mol. The Labute approximate surface area is 172 Å². The number of nitrogens with zero attached hydrogens (tertiary/aromatic N) is 4. The summed E-state index contributed by atoms with van der Waals surface area (Å²) < 4.78 is 49.8. The molecule has 0 saturated heterocycles. The van der Waals surface area contributed by atoms with Crippen molar-refractivity contribution >= 4 is 15.6 Å². The number of benzene rings is 2. The van der Waals surface area contributed by atoms with Crippen LogP contribution in [0.1, 0.15) is 34.0 Å². The van der Waals surface area contributed by atoms with E-state index >= 15 is 0 Å². The van der Waals surface area contributed by atoms with Gasteiger partial charge in [0.1, 0.15) is 5.75 Å². The van der Waals surface area contributed by atoms with E-state index < -0.39 is 27.3 Å². The predicted octanol–water partition coefficient (Wildman–Crippen LogP) is 2.81. The van der Waals surface area contributed by atoms with Crippen molar-refractivity contribution in [2.75, 3.05) is 12.0 Å². The van der Waals surface area contributed by atoms with Gasteiger partial charge >= 0.3 is 0 Å². The van der Waals surface area contributed by atoms with Crippen molar-refractivity contribution in [2.24, 2.45) is 7.05 Å². The molecule has 0 unspecified atom stereocenters. The Balaban J connectivity index is 1.98. The Morgan fingerprint density at radius 3 is 2.33 bits per heavy atom. The van der Waals surface area contributed by atoms with Crippen LogP contribution in [-0.2, 0) is 29.2 Å². The van der Waals surface area contributed by atoms with Gasteiger partial charge in [-0.05, 0) is 28.8 Å². The van der Waals surface area contributed by atoms with Gasteiger partial charge in [-0.1, -0.05) is 36.4 Å². The van der Waals surface area contributed by atoms with Crippen LogP contribution in [0.25, 0.3) is 11.4 Å². The van der Waals surface area contributed by atoms with Crippen LogP contribution in [0.4, 0.5) is 8.78 Å². The minimum absolute atomic E-state index is 0.0798. The topological polar surface area (TPSA) is 94.8 Å². The fraction of sp³-hybridized carbons (Fsp3) is 0.300. The van der Waals surface area contributed by atoms with Crippen LogP contribution >= 0.6 is 0 Å². The van der Waals surface area contributed by atoms with E-state index in [1.165, 1.54) is 29.1 Å². The summed E-state index contributed by atoms with van der Waals surface area (Å²) in [4.78, 5) is 13.6. The Morgan fingerprint density at radius 1 is 1.13 bits per heavy atom. The lowest BCUT2D eigenvalue weighted by Crippen LogP contribution is -2.15. The van der Waals surface area contributed by atoms with Crippen LogP contribution < -0.4 is 0 Å². The lowest BCUT2D eigenvalue weighted by atomic mass is 9.95. The van der Waals surface area contributed by atoms with Crippen LogP contribution in [-0.4, -0.2) is 46.4 Å². The molecule has 0 N–H and O–H groups in total. The standard InChI is InChI=1S/C20H20F2N4O3S/c1-20(21,22)16-8-4-13(5-9-16)10-14-6-7-15(18(27)12-30(3,28)29)11-17(14)19-23-25-26(2)24-19/h4-9,11H,10,12H2,1-3H3. The number of carbonyl (C=O) groups is 1. The van der Waals surface area contributed by atoms with Crippen molar-refractivity contribution in [1.82, 2.24) is 20.2 Å². The Morgan fingerprint density at radius 2 is 1.80 bits per heavy atom. The fourth-order valence-electron chi connectivity index (χ4n) is 2.96. The minimum atomic E-state index is -3.48. The van der Waals surface area contributed by atoms with Gasteiger partial charge in [0.05, 0.1) is 7.05 Å². The number of halogens is 2. The van der Waals surface area contributed by atoms with Crippen molar-refractivity contribution in [3.63, 3.8) is 0 Å². The summed E-state index contributed by atoms with van der Waals surface area (Å²) in [6, 6.07) is 10.7. The minimum Gasteiger partial charge on any atom is -0.293 e. The van der Waals surface area contributed by atoms with Gasteiger partial charge in [-0.15, -0.1) is 10.2 Å². The number of rotatable bonds is 7. The molecular formula is C20H20F2N4O3S. The zero-order valence-electron chi connectivity index (χ0n) is 16.6. The van der Waals surface area contributed by atoms with Gasteiger partial charge in [0.2, 0.25) is 5.82 Å². The van der Waals surface area contributed by atoms with Gasteiger partial charge in [-0.3, -0.25) is 4.79 Å². The molecule has 0 spiro atoms. The van der Waals surface area contributed by atoms with Gasteiger partial charge in [0.25, 0.3) is 5.92 Å². The molecule has 0 atom stereocenters. The van der Waals surface area contributed by atoms with Gasteiger partial charge in [0.15, 0.2) is 15.6 Å². The predicted molar refractivity (Wildman–Crippen MR) is 107 cm³/mol. The molecule has 3 rings (SSSR count). The summed E-state index contributed by atoms with van der Waals surface area (Å²) in [6.07, 6.45) is 1.37. The number of ketones is 1. The summed E-state index contributed by atoms with van der Waals surface area (Å²) in [5.41, 5.74) is 2.18. The monoisotopic (exact) mass is 434 g/mol. The van der Waals surface area contributed by atoms with E-state index in [2.05, 4.69) is 15.4 Å². The number of hydrogen-bond donors (Lipinski definition) is 0. The maximum absolute atomic E-state index is 13.4. The van der Waals surface area contributed by atoms with Gasteiger partial charge in [-0.2, -0.15) is 4.80 Å². The first-order chi connectivity index (χ1) is 13.9. The smallest absolute Gasteiger partial charge is 0.270 e. The molecule has 7 nitrogen and oxygen atoms in total. The SMILES string of the molecule is Cn1nnc(-c2cc(C(=O)CS(C)(=O)=O)ccc2Cc2ccc(C(C)(F)F)cc2)n1. The largest absolute Gasteiger partial charge is 0.293 e. The molecule has 0 aliphatic carbocycles. The number of aromatic nitrogens is 4. The molecule has 158 valence electrons. The first kappa shape index (κ1) is 21.7. The van der Waals surface area contributed by atoms with E-state index in [0.29, 0.717) is 12.0 Å². The van der Waals surface area contributed by atoms with Gasteiger partial charge in [-0.25, -0.2) is 17.2 Å². The zero-order valence-corrected chi connectivity index (χ0v) is 17.4. The molecule has 0 bridgehead atoms. The van der Waals surface area contributed by atoms with E-state index in [4.69, 9.17) is 0 Å². The van der Waals surface area contributed by atoms with Crippen LogP contribution in [0.3, 0.4) is 0 Å². The summed E-state index contributed by atoms with van der Waals surface area (Å²) in [7, 11) is -1.88. The average molecular weight is 434 g/mol. The number of carbonyl (C=O) groups excluding carboxylic acids is 1. The van der Waals surface area contributed by atoms with E-state index in [1.54, 1.807) is 25.2 Å². The second-order valence-corrected chi connectivity index (χ2v) is 9.37. The molecule has 1 aromatic heterocycles. The molecule has 0 aliphatic rings. The van der Waals surface area contributed by atoms with Crippen LogP contribution in [0.2, 0.25) is 0 Å². The molecule has 0 saturated carbocycles. The lowest BCUT2D eigenvalue weighted by molar-refractivity contribution is 0.0174. The second-order valence-electron chi connectivity index (χ2n) is 7.23. The first-order valence-electron chi connectivity index (χ1n) is 8.98. The molecule has 0 aliphatic heterocycles. The normalized spacial score (nSPS) is 12.2. The Hall–Kier alpha value is -3.01. The van der Waals surface area contributed by atoms with E-state index in [9.17, 15) is 22.0 Å². The summed E-state index contributed by atoms with van der Waals surface area (Å²) in [5.74, 6) is -3.79. The van der Waals surface area contributed by atoms with Crippen molar-refractivity contribution in [3.8, 4) is 11.4 Å². The maximum Gasteiger partial charge on any atom is 0.270 e. The quantitative estimate of drug-likeness (QED) is 0.531. The average Bonchev–Trinajstić information content (AvgIpc) is 3.06. The van der Waals surface area contributed by atoms with Crippen molar-refractivity contribution in [3.05, 3.63) is 64.7 Å². The maximum atomic E-state index is 13.4. The van der Waals surface area contributed by atoms with E-state index in [1.807, 2.05) is 0 Å². The van der Waals surface area contributed by atoms with E-state index in [-0.39, 0.29) is 17.0 Å². The van der Waals surface area contributed by atoms with Gasteiger partial charge in [0, 0.05) is 29.9 Å². The summed E-state index contributed by atoms with van der Waals surface area (Å²) >= 11 is 0. The van der Waals surface area contributed by atoms with Crippen LogP contribution in [0.15, 0.2) is 42.5 Å². The molecule has 10 heteroatoms. The molecule has 0 amide bonds. The molecule has 3 aromatic rings. The molecule has 1 heterocycles. The fourth-order valence-corrected chi connectivity index (χ4v) is 3.60. The lowest BCUT2D eigenvalue weighted by Gasteiger charge is -2.12. The van der Waals surface area contributed by atoms with E-state index in [0.717, 1.165) is 24.3 Å². The Kier molecular flexibility index (Phi) is 5.80. The second kappa shape index (κ2) is 8.02. The zero-order chi connectivity index (χ0) is 22.1. The highest BCUT2D eigenvalue weighted by atomic mass is 32.2. The van der Waals surface area contributed by atoms with Crippen LogP contribution in [0, 0.1) is 0 Å². The number of sulfone groups is 1.